The maximum Gasteiger partial charge on any atom is 0.263 e. The van der Waals surface area contributed by atoms with Crippen LogP contribution < -0.4 is 5.32 Å². The van der Waals surface area contributed by atoms with Crippen LogP contribution in [0.15, 0.2) is 29.4 Å². The Morgan fingerprint density at radius 2 is 1.85 bits per heavy atom. The number of rotatable bonds is 5. The van der Waals surface area contributed by atoms with Crippen LogP contribution in [0.25, 0.3) is 0 Å². The third-order valence-corrected chi connectivity index (χ3v) is 6.75. The molecule has 0 unspecified atom stereocenters. The van der Waals surface area contributed by atoms with Gasteiger partial charge in [0.25, 0.3) is 15.9 Å². The highest BCUT2D eigenvalue weighted by molar-refractivity contribution is 7.99. The Bertz CT molecular complexity index is 936. The van der Waals surface area contributed by atoms with Crippen molar-refractivity contribution in [1.29, 1.82) is 0 Å². The van der Waals surface area contributed by atoms with E-state index in [-0.39, 0.29) is 22.7 Å². The van der Waals surface area contributed by atoms with Crippen molar-refractivity contribution in [3.05, 3.63) is 47.2 Å². The molecule has 7 nitrogen and oxygen atoms in total. The molecule has 1 amide bonds. The molecule has 1 N–H and O–H groups in total. The average Bonchev–Trinajstić information content (AvgIpc) is 3.02. The van der Waals surface area contributed by atoms with Crippen molar-refractivity contribution in [2.45, 2.75) is 11.6 Å². The summed E-state index contributed by atoms with van der Waals surface area (Å²) in [5.41, 5.74) is 0.120. The quantitative estimate of drug-likeness (QED) is 0.796. The number of nitrogens with one attached hydrogen (secondary N) is 1. The number of sulfonamides is 1. The number of nitrogens with zero attached hydrogens (tertiary/aromatic N) is 3. The highest BCUT2D eigenvalue weighted by atomic mass is 32.2. The summed E-state index contributed by atoms with van der Waals surface area (Å²) in [5.74, 6) is -0.839. The minimum atomic E-state index is -3.91. The van der Waals surface area contributed by atoms with E-state index < -0.39 is 27.6 Å². The molecule has 1 aliphatic heterocycles. The van der Waals surface area contributed by atoms with Crippen molar-refractivity contribution in [3.63, 3.8) is 0 Å². The Labute approximate surface area is 159 Å². The number of amides is 1. The van der Waals surface area contributed by atoms with Crippen molar-refractivity contribution >= 4 is 27.7 Å². The lowest BCUT2D eigenvalue weighted by molar-refractivity contribution is 0.0947. The van der Waals surface area contributed by atoms with E-state index in [2.05, 4.69) is 10.4 Å². The molecule has 2 aromatic rings. The van der Waals surface area contributed by atoms with E-state index >= 15 is 0 Å². The Balaban J connectivity index is 1.81. The molecule has 2 heterocycles. The lowest BCUT2D eigenvalue weighted by Crippen LogP contribution is -2.39. The zero-order chi connectivity index (χ0) is 19.6. The van der Waals surface area contributed by atoms with Gasteiger partial charge in [0.1, 0.15) is 11.6 Å². The van der Waals surface area contributed by atoms with E-state index in [1.165, 1.54) is 22.2 Å². The Morgan fingerprint density at radius 3 is 2.48 bits per heavy atom. The van der Waals surface area contributed by atoms with Gasteiger partial charge in [-0.2, -0.15) is 21.2 Å². The van der Waals surface area contributed by atoms with Crippen molar-refractivity contribution < 1.29 is 22.0 Å². The van der Waals surface area contributed by atoms with Crippen LogP contribution in [0.3, 0.4) is 0 Å². The van der Waals surface area contributed by atoms with E-state index in [4.69, 9.17) is 0 Å². The summed E-state index contributed by atoms with van der Waals surface area (Å²) >= 11 is 1.66. The molecule has 0 aliphatic carbocycles. The number of hydrogen-bond acceptors (Lipinski definition) is 5. The summed E-state index contributed by atoms with van der Waals surface area (Å²) in [4.78, 5) is 12.5. The van der Waals surface area contributed by atoms with E-state index in [1.54, 1.807) is 11.8 Å². The fourth-order valence-corrected chi connectivity index (χ4v) is 5.41. The molecular weight excluding hydrogens is 398 g/mol. The first-order chi connectivity index (χ1) is 12.8. The fraction of sp³-hybridized carbons (Fsp3) is 0.375. The largest absolute Gasteiger partial charge is 0.348 e. The van der Waals surface area contributed by atoms with E-state index in [0.29, 0.717) is 24.6 Å². The van der Waals surface area contributed by atoms with Crippen molar-refractivity contribution in [1.82, 2.24) is 19.4 Å². The van der Waals surface area contributed by atoms with Gasteiger partial charge in [-0.25, -0.2) is 17.2 Å². The van der Waals surface area contributed by atoms with Crippen LogP contribution in [0.1, 0.15) is 15.9 Å². The van der Waals surface area contributed by atoms with Gasteiger partial charge in [0, 0.05) is 50.5 Å². The van der Waals surface area contributed by atoms with Gasteiger partial charge in [0.05, 0.1) is 5.56 Å². The van der Waals surface area contributed by atoms with Crippen LogP contribution in [0.5, 0.6) is 0 Å². The number of aryl methyl sites for hydroxylation is 1. The lowest BCUT2D eigenvalue weighted by Gasteiger charge is -2.24. The number of carbonyl (C=O) groups excluding carboxylic acids is 1. The highest BCUT2D eigenvalue weighted by Crippen LogP contribution is 2.22. The molecule has 0 spiro atoms. The van der Waals surface area contributed by atoms with E-state index in [0.717, 1.165) is 18.2 Å². The fourth-order valence-electron chi connectivity index (χ4n) is 2.71. The van der Waals surface area contributed by atoms with Gasteiger partial charge in [0.2, 0.25) is 5.03 Å². The first-order valence-electron chi connectivity index (χ1n) is 8.12. The second-order valence-corrected chi connectivity index (χ2v) is 9.08. The molecule has 146 valence electrons. The van der Waals surface area contributed by atoms with Gasteiger partial charge in [-0.3, -0.25) is 9.48 Å². The summed E-state index contributed by atoms with van der Waals surface area (Å²) in [6.07, 6.45) is 1.31. The van der Waals surface area contributed by atoms with Crippen LogP contribution in [0.4, 0.5) is 8.78 Å². The number of carbonyl (C=O) groups is 1. The Morgan fingerprint density at radius 1 is 1.22 bits per heavy atom. The molecule has 1 saturated heterocycles. The highest BCUT2D eigenvalue weighted by Gasteiger charge is 2.33. The van der Waals surface area contributed by atoms with Gasteiger partial charge in [0.15, 0.2) is 0 Å². The minimum Gasteiger partial charge on any atom is -0.348 e. The molecule has 0 bridgehead atoms. The molecule has 1 aliphatic rings. The van der Waals surface area contributed by atoms with E-state index in [9.17, 15) is 22.0 Å². The SMILES string of the molecule is Cn1cc(C(=O)NCc2cc(F)cc(F)c2)c(S(=O)(=O)N2CCSCC2)n1. The first kappa shape index (κ1) is 19.8. The van der Waals surface area contributed by atoms with Crippen LogP contribution in [-0.4, -0.2) is 53.0 Å². The van der Waals surface area contributed by atoms with Crippen LogP contribution in [0, 0.1) is 11.6 Å². The molecule has 27 heavy (non-hydrogen) atoms. The Kier molecular flexibility index (Phi) is 5.82. The predicted octanol–water partition coefficient (Wildman–Crippen LogP) is 1.37. The summed E-state index contributed by atoms with van der Waals surface area (Å²) in [6, 6.07) is 2.92. The minimum absolute atomic E-state index is 0.104. The van der Waals surface area contributed by atoms with Gasteiger partial charge in [-0.05, 0) is 17.7 Å². The topological polar surface area (TPSA) is 84.3 Å². The summed E-state index contributed by atoms with van der Waals surface area (Å²) in [7, 11) is -2.39. The number of hydrogen-bond donors (Lipinski definition) is 1. The van der Waals surface area contributed by atoms with Crippen LogP contribution in [-0.2, 0) is 23.6 Å². The molecule has 1 aromatic carbocycles. The number of thioether (sulfide) groups is 1. The summed E-state index contributed by atoms with van der Waals surface area (Å²) in [5, 5.41) is 6.13. The normalized spacial score (nSPS) is 15.7. The monoisotopic (exact) mass is 416 g/mol. The molecule has 0 saturated carbocycles. The summed E-state index contributed by atoms with van der Waals surface area (Å²) < 4.78 is 54.8. The number of benzene rings is 1. The predicted molar refractivity (Wildman–Crippen MR) is 96.8 cm³/mol. The van der Waals surface area contributed by atoms with E-state index in [1.807, 2.05) is 0 Å². The molecule has 1 fully saturated rings. The molecule has 11 heteroatoms. The number of aromatic nitrogens is 2. The molecule has 0 radical (unpaired) electrons. The molecular formula is C16H18F2N4O3S2. The second-order valence-electron chi connectivity index (χ2n) is 6.00. The maximum absolute atomic E-state index is 13.3. The molecule has 0 atom stereocenters. The Hall–Kier alpha value is -1.98. The third kappa shape index (κ3) is 4.47. The average molecular weight is 416 g/mol. The van der Waals surface area contributed by atoms with Crippen LogP contribution >= 0.6 is 11.8 Å². The zero-order valence-corrected chi connectivity index (χ0v) is 16.1. The first-order valence-corrected chi connectivity index (χ1v) is 10.7. The zero-order valence-electron chi connectivity index (χ0n) is 14.5. The smallest absolute Gasteiger partial charge is 0.263 e. The van der Waals surface area contributed by atoms with Gasteiger partial charge in [-0.1, -0.05) is 0 Å². The molecule has 3 rings (SSSR count). The van der Waals surface area contributed by atoms with Gasteiger partial charge >= 0.3 is 0 Å². The second kappa shape index (κ2) is 7.95. The standard InChI is InChI=1S/C16H18F2N4O3S2/c1-21-10-14(15(23)19-9-11-6-12(17)8-13(18)7-11)16(20-21)27(24,25)22-2-4-26-5-3-22/h6-8,10H,2-5,9H2,1H3,(H,19,23). The van der Waals surface area contributed by atoms with Crippen LogP contribution in [0.2, 0.25) is 0 Å². The van der Waals surface area contributed by atoms with Crippen molar-refractivity contribution in [2.75, 3.05) is 24.6 Å². The van der Waals surface area contributed by atoms with Gasteiger partial charge < -0.3 is 5.32 Å². The third-order valence-electron chi connectivity index (χ3n) is 3.97. The van der Waals surface area contributed by atoms with Gasteiger partial charge in [-0.15, -0.1) is 0 Å². The lowest BCUT2D eigenvalue weighted by atomic mass is 10.2. The maximum atomic E-state index is 13.3. The number of halogens is 2. The molecule has 1 aromatic heterocycles. The summed E-state index contributed by atoms with van der Waals surface area (Å²) in [6.45, 7) is 0.558. The van der Waals surface area contributed by atoms with Crippen molar-refractivity contribution in [3.8, 4) is 0 Å². The van der Waals surface area contributed by atoms with Crippen molar-refractivity contribution in [2.24, 2.45) is 7.05 Å².